The molecule has 0 bridgehead atoms. The molecular formula is C34H33ClN2O5. The summed E-state index contributed by atoms with van der Waals surface area (Å²) in [7, 11) is 3.25. The molecule has 7 nitrogen and oxygen atoms in total. The summed E-state index contributed by atoms with van der Waals surface area (Å²) in [6, 6.07) is 24.0. The minimum absolute atomic E-state index is 0.179. The number of benzene rings is 4. The van der Waals surface area contributed by atoms with Crippen LogP contribution in [0.4, 0.5) is 16.2 Å². The number of ether oxygens (including phenoxy) is 4. The number of hydrogen-bond donors (Lipinski definition) is 2. The van der Waals surface area contributed by atoms with Gasteiger partial charge in [0.25, 0.3) is 0 Å². The molecule has 0 radical (unpaired) electrons. The molecule has 1 aliphatic rings. The number of carbonyl (C=O) groups excluding carboxylic acids is 1. The van der Waals surface area contributed by atoms with Crippen molar-refractivity contribution >= 4 is 34.7 Å². The van der Waals surface area contributed by atoms with Crippen molar-refractivity contribution < 1.29 is 23.7 Å². The molecule has 2 N–H and O–H groups in total. The van der Waals surface area contributed by atoms with E-state index in [9.17, 15) is 4.79 Å². The van der Waals surface area contributed by atoms with Crippen LogP contribution in [-0.2, 0) is 6.54 Å². The van der Waals surface area contributed by atoms with Crippen LogP contribution in [-0.4, -0.2) is 25.9 Å². The van der Waals surface area contributed by atoms with Gasteiger partial charge in [0.1, 0.15) is 17.2 Å². The van der Waals surface area contributed by atoms with E-state index in [4.69, 9.17) is 30.5 Å². The van der Waals surface area contributed by atoms with Crippen molar-refractivity contribution in [2.45, 2.75) is 32.9 Å². The van der Waals surface area contributed by atoms with Gasteiger partial charge in [-0.3, -0.25) is 0 Å². The minimum Gasteiger partial charge on any atom is -0.496 e. The molecule has 4 aromatic rings. The molecule has 0 spiro atoms. The molecular weight excluding hydrogens is 552 g/mol. The number of allylic oxidation sites excluding steroid dienone is 1. The highest BCUT2D eigenvalue weighted by atomic mass is 35.5. The van der Waals surface area contributed by atoms with E-state index in [1.54, 1.807) is 50.6 Å². The lowest BCUT2D eigenvalue weighted by Crippen LogP contribution is -2.32. The second-order valence-corrected chi connectivity index (χ2v) is 10.9. The molecule has 0 unspecified atom stereocenters. The van der Waals surface area contributed by atoms with Crippen LogP contribution in [0.15, 0.2) is 84.9 Å². The molecule has 0 atom stereocenters. The van der Waals surface area contributed by atoms with Gasteiger partial charge in [-0.25, -0.2) is 4.79 Å². The summed E-state index contributed by atoms with van der Waals surface area (Å²) in [4.78, 5) is 12.5. The molecule has 0 saturated carbocycles. The van der Waals surface area contributed by atoms with Gasteiger partial charge in [-0.15, -0.1) is 0 Å². The highest BCUT2D eigenvalue weighted by Crippen LogP contribution is 2.43. The molecule has 0 aliphatic carbocycles. The fourth-order valence-electron chi connectivity index (χ4n) is 5.30. The van der Waals surface area contributed by atoms with E-state index < -0.39 is 6.16 Å². The van der Waals surface area contributed by atoms with Crippen LogP contribution < -0.4 is 29.6 Å². The van der Waals surface area contributed by atoms with E-state index in [-0.39, 0.29) is 17.0 Å². The number of fused-ring (bicyclic) bond motifs is 1. The van der Waals surface area contributed by atoms with E-state index >= 15 is 0 Å². The smallest absolute Gasteiger partial charge is 0.496 e. The summed E-state index contributed by atoms with van der Waals surface area (Å²) >= 11 is 6.11. The van der Waals surface area contributed by atoms with Gasteiger partial charge in [0, 0.05) is 29.4 Å². The zero-order valence-electron chi connectivity index (χ0n) is 24.2. The van der Waals surface area contributed by atoms with Gasteiger partial charge in [-0.2, -0.15) is 0 Å². The largest absolute Gasteiger partial charge is 0.519 e. The van der Waals surface area contributed by atoms with Crippen molar-refractivity contribution in [3.63, 3.8) is 0 Å². The van der Waals surface area contributed by atoms with Crippen LogP contribution in [0, 0.1) is 0 Å². The van der Waals surface area contributed by atoms with E-state index in [0.29, 0.717) is 17.3 Å². The van der Waals surface area contributed by atoms with E-state index in [2.05, 4.69) is 49.6 Å². The van der Waals surface area contributed by atoms with Crippen LogP contribution in [0.5, 0.6) is 23.0 Å². The van der Waals surface area contributed by atoms with Gasteiger partial charge < -0.3 is 29.6 Å². The normalized spacial score (nSPS) is 13.2. The Bertz CT molecular complexity index is 1660. The van der Waals surface area contributed by atoms with Crippen molar-refractivity contribution in [2.75, 3.05) is 24.9 Å². The first-order chi connectivity index (χ1) is 20.2. The number of hydrogen-bond acceptors (Lipinski definition) is 7. The number of nitrogens with one attached hydrogen (secondary N) is 2. The Morgan fingerprint density at radius 3 is 2.29 bits per heavy atom. The van der Waals surface area contributed by atoms with Crippen LogP contribution in [0.25, 0.3) is 16.7 Å². The van der Waals surface area contributed by atoms with Gasteiger partial charge in [0.2, 0.25) is 0 Å². The summed E-state index contributed by atoms with van der Waals surface area (Å²) in [6.07, 6.45) is 1.34. The predicted octanol–water partition coefficient (Wildman–Crippen LogP) is 8.82. The second-order valence-electron chi connectivity index (χ2n) is 10.5. The second kappa shape index (κ2) is 12.1. The number of para-hydroxylation sites is 3. The summed E-state index contributed by atoms with van der Waals surface area (Å²) in [6.45, 7) is 6.96. The maximum absolute atomic E-state index is 12.5. The summed E-state index contributed by atoms with van der Waals surface area (Å²) in [5, 5.41) is 7.53. The lowest BCUT2D eigenvalue weighted by molar-refractivity contribution is 0.152. The highest BCUT2D eigenvalue weighted by molar-refractivity contribution is 6.32. The van der Waals surface area contributed by atoms with E-state index in [1.165, 1.54) is 5.57 Å². The van der Waals surface area contributed by atoms with Crippen molar-refractivity contribution in [3.05, 3.63) is 101 Å². The first-order valence-electron chi connectivity index (χ1n) is 13.5. The van der Waals surface area contributed by atoms with Gasteiger partial charge in [-0.05, 0) is 79.9 Å². The lowest BCUT2D eigenvalue weighted by Gasteiger charge is -2.33. The van der Waals surface area contributed by atoms with Gasteiger partial charge in [0.05, 0.1) is 30.5 Å². The fourth-order valence-corrected chi connectivity index (χ4v) is 5.48. The minimum atomic E-state index is -0.900. The van der Waals surface area contributed by atoms with Crippen molar-refractivity contribution in [1.82, 2.24) is 0 Å². The van der Waals surface area contributed by atoms with Crippen LogP contribution >= 0.6 is 11.6 Å². The fraction of sp³-hybridized carbons (Fsp3) is 0.206. The molecule has 42 heavy (non-hydrogen) atoms. The Morgan fingerprint density at radius 2 is 1.55 bits per heavy atom. The molecule has 1 aliphatic heterocycles. The molecule has 216 valence electrons. The Hall–Kier alpha value is -4.62. The molecule has 0 amide bonds. The average Bonchev–Trinajstić information content (AvgIpc) is 2.96. The van der Waals surface area contributed by atoms with Gasteiger partial charge >= 0.3 is 6.16 Å². The molecule has 0 fully saturated rings. The van der Waals surface area contributed by atoms with Gasteiger partial charge in [-0.1, -0.05) is 48.0 Å². The van der Waals surface area contributed by atoms with E-state index in [1.807, 2.05) is 30.3 Å². The standard InChI is InChI=1S/C34H33ClN2O5/c1-21-19-34(2,3)37-28-17-16-23(25(32(21)28)20-36-27-11-7-9-13-30(27)39-4)24-15-14-22(18-31(24)40-5)41-33(38)42-29-12-8-6-10-26(29)35/h6-19,36-37H,20H2,1-5H3. The highest BCUT2D eigenvalue weighted by Gasteiger charge is 2.27. The zero-order valence-corrected chi connectivity index (χ0v) is 25.0. The van der Waals surface area contributed by atoms with E-state index in [0.717, 1.165) is 39.4 Å². The number of rotatable bonds is 8. The molecule has 0 aromatic heterocycles. The average molecular weight is 585 g/mol. The molecule has 8 heteroatoms. The summed E-state index contributed by atoms with van der Waals surface area (Å²) in [5.41, 5.74) is 6.98. The third kappa shape index (κ3) is 6.16. The molecule has 5 rings (SSSR count). The Labute approximate surface area is 251 Å². The number of anilines is 2. The summed E-state index contributed by atoms with van der Waals surface area (Å²) in [5.74, 6) is 1.80. The molecule has 0 saturated heterocycles. The van der Waals surface area contributed by atoms with Crippen LogP contribution in [0.2, 0.25) is 5.02 Å². The summed E-state index contributed by atoms with van der Waals surface area (Å²) < 4.78 is 22.1. The van der Waals surface area contributed by atoms with Crippen molar-refractivity contribution in [2.24, 2.45) is 0 Å². The SMILES string of the molecule is COc1ccccc1NCc1c(-c2ccc(OC(=O)Oc3ccccc3Cl)cc2OC)ccc2c1C(C)=CC(C)(C)N2. The van der Waals surface area contributed by atoms with Crippen LogP contribution in [0.1, 0.15) is 31.9 Å². The Kier molecular flexibility index (Phi) is 8.31. The van der Waals surface area contributed by atoms with Gasteiger partial charge in [0.15, 0.2) is 5.75 Å². The quantitative estimate of drug-likeness (QED) is 0.158. The van der Waals surface area contributed by atoms with Crippen molar-refractivity contribution in [3.8, 4) is 34.1 Å². The molecule has 1 heterocycles. The lowest BCUT2D eigenvalue weighted by atomic mass is 9.85. The number of halogens is 1. The first-order valence-corrected chi connectivity index (χ1v) is 13.9. The number of carbonyl (C=O) groups is 1. The Morgan fingerprint density at radius 1 is 0.857 bits per heavy atom. The third-order valence-corrected chi connectivity index (χ3v) is 7.31. The number of methoxy groups -OCH3 is 2. The Balaban J connectivity index is 1.51. The third-order valence-electron chi connectivity index (χ3n) is 7.00. The predicted molar refractivity (Wildman–Crippen MR) is 168 cm³/mol. The van der Waals surface area contributed by atoms with Crippen molar-refractivity contribution in [1.29, 1.82) is 0 Å². The topological polar surface area (TPSA) is 78.1 Å². The maximum Gasteiger partial charge on any atom is 0.519 e. The molecule has 4 aromatic carbocycles. The zero-order chi connectivity index (χ0) is 29.9. The monoisotopic (exact) mass is 584 g/mol. The maximum atomic E-state index is 12.5. The van der Waals surface area contributed by atoms with Crippen LogP contribution in [0.3, 0.4) is 0 Å². The first kappa shape index (κ1) is 28.9.